The van der Waals surface area contributed by atoms with Crippen molar-refractivity contribution in [2.75, 3.05) is 49.8 Å². The van der Waals surface area contributed by atoms with Crippen molar-refractivity contribution in [3.05, 3.63) is 73.8 Å². The number of fused-ring (bicyclic) bond motifs is 1. The minimum atomic E-state index is -0.826. The lowest BCUT2D eigenvalue weighted by Crippen LogP contribution is -2.56. The van der Waals surface area contributed by atoms with E-state index in [9.17, 15) is 19.5 Å². The molecule has 240 valence electrons. The minimum absolute atomic E-state index is 0.0756. The van der Waals surface area contributed by atoms with Crippen LogP contribution in [-0.2, 0) is 14.4 Å². The number of halogens is 1. The molecule has 3 aliphatic heterocycles. The van der Waals surface area contributed by atoms with Crippen molar-refractivity contribution >= 4 is 56.8 Å². The number of ether oxygens (including phenoxy) is 2. The molecular formula is C34H40BrN3O6S. The highest BCUT2D eigenvalue weighted by Gasteiger charge is 2.76. The van der Waals surface area contributed by atoms with Crippen LogP contribution < -0.4 is 19.3 Å². The van der Waals surface area contributed by atoms with Crippen LogP contribution in [0.3, 0.4) is 0 Å². The summed E-state index contributed by atoms with van der Waals surface area (Å²) in [6, 6.07) is 13.7. The van der Waals surface area contributed by atoms with Gasteiger partial charge in [0.25, 0.3) is 5.91 Å². The molecule has 0 saturated carbocycles. The summed E-state index contributed by atoms with van der Waals surface area (Å²) in [5.74, 6) is -0.607. The van der Waals surface area contributed by atoms with Gasteiger partial charge in [0.15, 0.2) is 0 Å². The van der Waals surface area contributed by atoms with Crippen molar-refractivity contribution in [3.63, 3.8) is 0 Å². The number of rotatable bonds is 14. The Morgan fingerprint density at radius 1 is 1.04 bits per heavy atom. The third-order valence-corrected chi connectivity index (χ3v) is 12.1. The van der Waals surface area contributed by atoms with E-state index < -0.39 is 22.6 Å². The fourth-order valence-electron chi connectivity index (χ4n) is 7.05. The maximum absolute atomic E-state index is 14.7. The smallest absolute Gasteiger partial charge is 0.251 e. The van der Waals surface area contributed by atoms with Crippen LogP contribution >= 0.6 is 27.7 Å². The molecular weight excluding hydrogens is 658 g/mol. The molecule has 3 fully saturated rings. The predicted molar refractivity (Wildman–Crippen MR) is 181 cm³/mol. The zero-order valence-electron chi connectivity index (χ0n) is 25.6. The van der Waals surface area contributed by atoms with Gasteiger partial charge in [-0.1, -0.05) is 28.1 Å². The van der Waals surface area contributed by atoms with E-state index in [0.29, 0.717) is 42.3 Å². The molecule has 45 heavy (non-hydrogen) atoms. The lowest BCUT2D eigenvalue weighted by Gasteiger charge is -2.38. The summed E-state index contributed by atoms with van der Waals surface area (Å²) in [5.41, 5.74) is 1.34. The van der Waals surface area contributed by atoms with Gasteiger partial charge in [-0.3, -0.25) is 14.4 Å². The first-order valence-corrected chi connectivity index (χ1v) is 17.0. The molecule has 11 heteroatoms. The number of hydrogen-bond acceptors (Lipinski definition) is 7. The van der Waals surface area contributed by atoms with Crippen LogP contribution in [0.4, 0.5) is 11.4 Å². The zero-order chi connectivity index (χ0) is 32.3. The van der Waals surface area contributed by atoms with Gasteiger partial charge in [0.05, 0.1) is 30.3 Å². The summed E-state index contributed by atoms with van der Waals surface area (Å²) in [6.07, 6.45) is 4.22. The second-order valence-corrected chi connectivity index (χ2v) is 14.1. The first-order chi connectivity index (χ1) is 21.8. The van der Waals surface area contributed by atoms with E-state index in [1.165, 1.54) is 0 Å². The molecule has 0 aliphatic carbocycles. The Kier molecular flexibility index (Phi) is 10.3. The molecule has 5 rings (SSSR count). The predicted octanol–water partition coefficient (Wildman–Crippen LogP) is 4.68. The average Bonchev–Trinajstić information content (AvgIpc) is 3.64. The van der Waals surface area contributed by atoms with Gasteiger partial charge in [0, 0.05) is 47.7 Å². The number of methoxy groups -OCH3 is 1. The number of likely N-dealkylation sites (tertiary alicyclic amines) is 1. The molecule has 2 bridgehead atoms. The minimum Gasteiger partial charge on any atom is -0.497 e. The van der Waals surface area contributed by atoms with Gasteiger partial charge in [-0.2, -0.15) is 0 Å². The molecule has 3 aliphatic rings. The van der Waals surface area contributed by atoms with E-state index in [1.807, 2.05) is 43.3 Å². The van der Waals surface area contributed by atoms with Crippen molar-refractivity contribution in [2.45, 2.75) is 40.6 Å². The summed E-state index contributed by atoms with van der Waals surface area (Å²) >= 11 is 5.44. The zero-order valence-corrected chi connectivity index (χ0v) is 28.0. The average molecular weight is 699 g/mol. The number of benzene rings is 2. The van der Waals surface area contributed by atoms with Crippen molar-refractivity contribution in [1.29, 1.82) is 0 Å². The fraction of sp³-hybridized carbons (Fsp3) is 0.441. The number of hydrogen-bond donors (Lipinski definition) is 1. The largest absolute Gasteiger partial charge is 0.497 e. The van der Waals surface area contributed by atoms with Gasteiger partial charge in [-0.25, -0.2) is 0 Å². The molecule has 0 aromatic heterocycles. The molecule has 1 N–H and O–H groups in total. The lowest BCUT2D eigenvalue weighted by atomic mass is 9.70. The van der Waals surface area contributed by atoms with Crippen molar-refractivity contribution in [2.24, 2.45) is 11.8 Å². The van der Waals surface area contributed by atoms with Crippen LogP contribution in [0.15, 0.2) is 73.8 Å². The van der Waals surface area contributed by atoms with E-state index >= 15 is 0 Å². The van der Waals surface area contributed by atoms with Crippen molar-refractivity contribution in [1.82, 2.24) is 4.90 Å². The molecule has 3 heterocycles. The maximum Gasteiger partial charge on any atom is 0.251 e. The van der Waals surface area contributed by atoms with Gasteiger partial charge < -0.3 is 29.3 Å². The summed E-state index contributed by atoms with van der Waals surface area (Å²) in [5, 5.41) is 9.53. The van der Waals surface area contributed by atoms with Crippen molar-refractivity contribution in [3.8, 4) is 11.5 Å². The van der Waals surface area contributed by atoms with E-state index in [4.69, 9.17) is 9.47 Å². The topological polar surface area (TPSA) is 99.6 Å². The lowest BCUT2D eigenvalue weighted by molar-refractivity contribution is -0.139. The van der Waals surface area contributed by atoms with Crippen LogP contribution in [0, 0.1) is 11.8 Å². The summed E-state index contributed by atoms with van der Waals surface area (Å²) in [4.78, 5) is 48.6. The van der Waals surface area contributed by atoms with E-state index in [2.05, 4.69) is 29.1 Å². The first kappa shape index (κ1) is 33.1. The Balaban J connectivity index is 1.54. The molecule has 3 unspecified atom stereocenters. The Labute approximate surface area is 277 Å². The molecule has 2 aromatic carbocycles. The van der Waals surface area contributed by atoms with Crippen LogP contribution in [0.25, 0.3) is 0 Å². The number of thioether (sulfide) groups is 1. The van der Waals surface area contributed by atoms with Gasteiger partial charge in [0.2, 0.25) is 11.8 Å². The molecule has 6 atom stereocenters. The summed E-state index contributed by atoms with van der Waals surface area (Å²) < 4.78 is 10.1. The van der Waals surface area contributed by atoms with Gasteiger partial charge in [0.1, 0.15) is 17.5 Å². The highest BCUT2D eigenvalue weighted by Crippen LogP contribution is 2.68. The van der Waals surface area contributed by atoms with E-state index in [-0.39, 0.29) is 54.0 Å². The molecule has 2 aromatic rings. The van der Waals surface area contributed by atoms with Crippen LogP contribution in [-0.4, -0.2) is 88.6 Å². The molecule has 1 spiro atoms. The van der Waals surface area contributed by atoms with E-state index in [0.717, 1.165) is 0 Å². The Morgan fingerprint density at radius 2 is 1.62 bits per heavy atom. The van der Waals surface area contributed by atoms with Gasteiger partial charge >= 0.3 is 0 Å². The highest BCUT2D eigenvalue weighted by atomic mass is 79.9. The standard InChI is InChI=1S/C34H40BrN3O6S/c1-5-17-36(22-11-15-25(16-12-22)44-7-3)31(40)27-28-32(41)38(19-8-20-39)30(34(28)21-26(35)29(27)45-34)33(42)37(18-6-2)23-9-13-24(43-4)14-10-23/h5-6,9-16,26-30,39H,1-2,7-8,17-21H2,3-4H3/t26?,27-,28-,29-,30?,34?/m0/s1. The Morgan fingerprint density at radius 3 is 2.16 bits per heavy atom. The number of carbonyl (C=O) groups excluding carboxylic acids is 3. The Hall–Kier alpha value is -3.28. The van der Waals surface area contributed by atoms with Crippen LogP contribution in [0.5, 0.6) is 11.5 Å². The van der Waals surface area contributed by atoms with Gasteiger partial charge in [-0.15, -0.1) is 24.9 Å². The number of anilines is 2. The van der Waals surface area contributed by atoms with Crippen LogP contribution in [0.2, 0.25) is 0 Å². The molecule has 0 radical (unpaired) electrons. The van der Waals surface area contributed by atoms with E-state index in [1.54, 1.807) is 57.9 Å². The molecule has 9 nitrogen and oxygen atoms in total. The van der Waals surface area contributed by atoms with Crippen molar-refractivity contribution < 1.29 is 29.0 Å². The third-order valence-electron chi connectivity index (χ3n) is 8.86. The maximum atomic E-state index is 14.7. The van der Waals surface area contributed by atoms with Gasteiger partial charge in [-0.05, 0) is 68.3 Å². The second-order valence-electron chi connectivity index (χ2n) is 11.4. The number of nitrogens with zero attached hydrogens (tertiary/aromatic N) is 3. The number of aliphatic hydroxyl groups is 1. The fourth-order valence-corrected chi connectivity index (χ4v) is 10.7. The summed E-state index contributed by atoms with van der Waals surface area (Å²) in [6.45, 7) is 10.8. The van der Waals surface area contributed by atoms with Crippen LogP contribution in [0.1, 0.15) is 19.8 Å². The highest BCUT2D eigenvalue weighted by molar-refractivity contribution is 9.09. The first-order valence-electron chi connectivity index (χ1n) is 15.2. The summed E-state index contributed by atoms with van der Waals surface area (Å²) in [7, 11) is 1.58. The normalized spacial score (nSPS) is 26.4. The molecule has 3 amide bonds. The third kappa shape index (κ3) is 5.90. The number of alkyl halides is 1. The quantitative estimate of drug-likeness (QED) is 0.226. The number of aliphatic hydroxyl groups excluding tert-OH is 1. The monoisotopic (exact) mass is 697 g/mol. The number of carbonyl (C=O) groups is 3. The second kappa shape index (κ2) is 14.0. The Bertz CT molecular complexity index is 1420. The number of amides is 3. The SMILES string of the molecule is C=CCN(C(=O)C1N(CCCO)C(=O)[C@@H]2[C@H](C(=O)N(CC=C)c3ccc(OCC)cc3)[C@H]3SC12CC3Br)c1ccc(OC)cc1. The molecule has 3 saturated heterocycles.